The fourth-order valence-electron chi connectivity index (χ4n) is 16.0. The summed E-state index contributed by atoms with van der Waals surface area (Å²) in [6.07, 6.45) is 45.9. The van der Waals surface area contributed by atoms with Crippen molar-refractivity contribution < 1.29 is 76.0 Å². The molecule has 0 radical (unpaired) electrons. The second-order valence-corrected chi connectivity index (χ2v) is 30.4. The lowest BCUT2D eigenvalue weighted by molar-refractivity contribution is -0.145. The van der Waals surface area contributed by atoms with Gasteiger partial charge in [-0.25, -0.2) is 0 Å². The van der Waals surface area contributed by atoms with Crippen molar-refractivity contribution in [2.24, 2.45) is 0 Å². The zero-order valence-corrected chi connectivity index (χ0v) is 70.0. The highest BCUT2D eigenvalue weighted by atomic mass is 16.5. The Morgan fingerprint density at radius 1 is 0.333 bits per heavy atom. The first-order valence-corrected chi connectivity index (χ1v) is 42.7. The van der Waals surface area contributed by atoms with Crippen LogP contribution >= 0.6 is 0 Å². The van der Waals surface area contributed by atoms with Gasteiger partial charge in [0.15, 0.2) is 0 Å². The van der Waals surface area contributed by atoms with Crippen LogP contribution in [0.1, 0.15) is 310 Å². The molecule has 10 bridgehead atoms. The molecule has 0 N–H and O–H groups in total. The molecule has 0 amide bonds. The zero-order valence-electron chi connectivity index (χ0n) is 70.0. The maximum absolute atomic E-state index is 15.1. The minimum atomic E-state index is -0.895. The standard InChI is InChI=1S/C98H132O16/c1-103-87-69-88(104-2)80-61-79(87)75-65-95(99)111-57-47-35-29-23-17-15-13-11-9-10-12-14-16-18-24-30-36-48-58-112-96(100)66-76(80)82-63-84(92(108-6)71-90(82)106-4)78(68-98(102)114-60-50-38-32-26-20-22-28-34-42-52-74-55-45-40-46-56-74)86-64-85(93(109-7)72-94(86)110-8)77(83-62-81(75)89(105-3)70-91(83)107-5)67-97(101)113-59-49-37-31-25-19-21-27-33-41-51-73-53-43-39-44-54-73/h9-10,39-46,51-56,61-64,69-72,75-78H,11-38,47-50,57-60,65-68H2,1-8H3/b10-9+,51-41+,52-42+. The third-order valence-corrected chi connectivity index (χ3v) is 22.3. The van der Waals surface area contributed by atoms with Crippen molar-refractivity contribution in [1.29, 1.82) is 0 Å². The molecule has 0 fully saturated rings. The number of fused-ring (bicyclic) bond motifs is 8. The van der Waals surface area contributed by atoms with Gasteiger partial charge in [0.2, 0.25) is 0 Å². The van der Waals surface area contributed by atoms with E-state index < -0.39 is 47.5 Å². The van der Waals surface area contributed by atoms with Crippen molar-refractivity contribution in [3.05, 3.63) is 189 Å². The van der Waals surface area contributed by atoms with Gasteiger partial charge >= 0.3 is 23.9 Å². The van der Waals surface area contributed by atoms with Crippen LogP contribution in [0.5, 0.6) is 46.0 Å². The van der Waals surface area contributed by atoms with E-state index in [1.165, 1.54) is 36.8 Å². The topological polar surface area (TPSA) is 179 Å². The molecule has 0 saturated carbocycles. The quantitative estimate of drug-likeness (QED) is 0.0161. The highest BCUT2D eigenvalue weighted by Crippen LogP contribution is 2.53. The van der Waals surface area contributed by atoms with Crippen LogP contribution in [0, 0.1) is 0 Å². The molecule has 16 nitrogen and oxygen atoms in total. The molecule has 0 aromatic heterocycles. The average molecular weight is 1570 g/mol. The second kappa shape index (κ2) is 52.3. The molecule has 6 aromatic carbocycles. The number of hydrogen-bond acceptors (Lipinski definition) is 16. The molecule has 1 aliphatic heterocycles. The molecular weight excluding hydrogens is 1430 g/mol. The van der Waals surface area contributed by atoms with Gasteiger partial charge in [-0.2, -0.15) is 0 Å². The Balaban J connectivity index is 1.22. The van der Waals surface area contributed by atoms with Crippen LogP contribution in [0.2, 0.25) is 0 Å². The Bertz CT molecular complexity index is 3620. The average Bonchev–Trinajstić information content (AvgIpc) is 0.747. The number of carbonyl (C=O) groups is 4. The van der Waals surface area contributed by atoms with Crippen molar-refractivity contribution in [3.63, 3.8) is 0 Å². The van der Waals surface area contributed by atoms with Crippen molar-refractivity contribution >= 4 is 36.0 Å². The van der Waals surface area contributed by atoms with E-state index in [2.05, 4.69) is 85.0 Å². The molecule has 4 atom stereocenters. The minimum absolute atomic E-state index is 0.192. The number of benzene rings is 6. The van der Waals surface area contributed by atoms with Gasteiger partial charge in [0.05, 0.1) is 109 Å². The van der Waals surface area contributed by atoms with Crippen molar-refractivity contribution in [3.8, 4) is 46.0 Å². The van der Waals surface area contributed by atoms with Crippen LogP contribution in [0.25, 0.3) is 12.2 Å². The first kappa shape index (κ1) is 90.4. The van der Waals surface area contributed by atoms with Crippen molar-refractivity contribution in [2.75, 3.05) is 83.3 Å². The summed E-state index contributed by atoms with van der Waals surface area (Å²) in [7, 11) is 12.6. The Labute approximate surface area is 681 Å². The molecule has 0 spiro atoms. The molecular formula is C98H132O16. The van der Waals surface area contributed by atoms with Crippen LogP contribution in [0.3, 0.4) is 0 Å². The third-order valence-electron chi connectivity index (χ3n) is 22.3. The number of unbranched alkanes of at least 4 members (excludes halogenated alkanes) is 14. The Morgan fingerprint density at radius 3 is 0.930 bits per heavy atom. The highest BCUT2D eigenvalue weighted by molar-refractivity contribution is 5.77. The van der Waals surface area contributed by atoms with E-state index in [4.69, 9.17) is 56.8 Å². The lowest BCUT2D eigenvalue weighted by Crippen LogP contribution is -2.19. The van der Waals surface area contributed by atoms with Crippen LogP contribution in [-0.4, -0.2) is 107 Å². The summed E-state index contributed by atoms with van der Waals surface area (Å²) >= 11 is 0. The fourth-order valence-corrected chi connectivity index (χ4v) is 16.0. The summed E-state index contributed by atoms with van der Waals surface area (Å²) in [6, 6.07) is 35.7. The van der Waals surface area contributed by atoms with Crippen LogP contribution < -0.4 is 37.9 Å². The van der Waals surface area contributed by atoms with Gasteiger partial charge in [-0.05, 0) is 112 Å². The molecule has 2 aliphatic rings. The molecule has 6 aromatic rings. The Kier molecular flexibility index (Phi) is 41.5. The number of carbonyl (C=O) groups excluding carboxylic acids is 4. The smallest absolute Gasteiger partial charge is 0.306 e. The predicted octanol–water partition coefficient (Wildman–Crippen LogP) is 23.8. The van der Waals surface area contributed by atoms with E-state index in [0.29, 0.717) is 116 Å². The number of cyclic esters (lactones) is 2. The number of esters is 4. The Morgan fingerprint density at radius 2 is 0.605 bits per heavy atom. The molecule has 1 aliphatic carbocycles. The number of ether oxygens (including phenoxy) is 12. The first-order chi connectivity index (χ1) is 55.9. The van der Waals surface area contributed by atoms with Gasteiger partial charge in [0, 0.05) is 92.4 Å². The summed E-state index contributed by atoms with van der Waals surface area (Å²) in [6.45, 7) is 0.873. The maximum atomic E-state index is 15.1. The normalized spacial score (nSPS) is 17.5. The fraction of sp³-hybridized carbons (Fsp3) is 0.531. The number of hydrogen-bond donors (Lipinski definition) is 0. The van der Waals surface area contributed by atoms with E-state index in [-0.39, 0.29) is 52.1 Å². The summed E-state index contributed by atoms with van der Waals surface area (Å²) in [5, 5.41) is 0. The van der Waals surface area contributed by atoms with Crippen LogP contribution in [-0.2, 0) is 38.1 Å². The number of allylic oxidation sites excluding steroid dienone is 4. The lowest BCUT2D eigenvalue weighted by atomic mass is 9.77. The van der Waals surface area contributed by atoms with Crippen LogP contribution in [0.15, 0.2) is 133 Å². The molecule has 114 heavy (non-hydrogen) atoms. The second-order valence-electron chi connectivity index (χ2n) is 30.4. The van der Waals surface area contributed by atoms with Crippen LogP contribution in [0.4, 0.5) is 0 Å². The van der Waals surface area contributed by atoms with Gasteiger partial charge in [-0.15, -0.1) is 0 Å². The van der Waals surface area contributed by atoms with E-state index in [0.717, 1.165) is 154 Å². The van der Waals surface area contributed by atoms with E-state index in [1.807, 2.05) is 36.4 Å². The van der Waals surface area contributed by atoms with E-state index in [9.17, 15) is 0 Å². The third kappa shape index (κ3) is 29.6. The SMILES string of the molecule is COc1cc(OC)c2cc1C1CC(=O)OCCCCCCCCC/C=C/CCCCCCCCCOC(=O)CC2c2cc(c(OC)cc2OC)C(CC(=O)OCCCCCCCCC/C=C/c2ccccc2)c2cc(c(OC)cc2OC)C(CC(=O)OCCCCCCCCC/C=C/c2ccccc2)c2cc1c(OC)cc2OC. The van der Waals surface area contributed by atoms with Crippen molar-refractivity contribution in [2.45, 2.75) is 255 Å². The van der Waals surface area contributed by atoms with Crippen molar-refractivity contribution in [1.82, 2.24) is 0 Å². The molecule has 8 rings (SSSR count). The van der Waals surface area contributed by atoms with Gasteiger partial charge < -0.3 is 56.8 Å². The van der Waals surface area contributed by atoms with E-state index >= 15 is 19.2 Å². The summed E-state index contributed by atoms with van der Waals surface area (Å²) < 4.78 is 76.4. The monoisotopic (exact) mass is 1560 g/mol. The summed E-state index contributed by atoms with van der Waals surface area (Å²) in [5.41, 5.74) is 6.77. The first-order valence-electron chi connectivity index (χ1n) is 42.7. The largest absolute Gasteiger partial charge is 0.496 e. The predicted molar refractivity (Wildman–Crippen MR) is 456 cm³/mol. The lowest BCUT2D eigenvalue weighted by Gasteiger charge is -2.31. The summed E-state index contributed by atoms with van der Waals surface area (Å²) in [5.74, 6) is -2.41. The zero-order chi connectivity index (χ0) is 80.8. The van der Waals surface area contributed by atoms with Gasteiger partial charge in [-0.3, -0.25) is 19.2 Å². The minimum Gasteiger partial charge on any atom is -0.496 e. The maximum Gasteiger partial charge on any atom is 0.306 e. The Hall–Kier alpha value is -9.18. The molecule has 1 heterocycles. The molecule has 16 heteroatoms. The summed E-state index contributed by atoms with van der Waals surface area (Å²) in [4.78, 5) is 60.2. The van der Waals surface area contributed by atoms with Gasteiger partial charge in [-0.1, -0.05) is 226 Å². The van der Waals surface area contributed by atoms with Gasteiger partial charge in [0.1, 0.15) is 46.0 Å². The molecule has 620 valence electrons. The number of methoxy groups -OCH3 is 8. The van der Waals surface area contributed by atoms with E-state index in [1.54, 1.807) is 81.1 Å². The highest BCUT2D eigenvalue weighted by Gasteiger charge is 2.38. The number of rotatable bonds is 34. The molecule has 0 saturated heterocycles. The molecule has 4 unspecified atom stereocenters. The van der Waals surface area contributed by atoms with Gasteiger partial charge in [0.25, 0.3) is 0 Å².